The molecule has 2 amide bonds. The van der Waals surface area contributed by atoms with Crippen molar-refractivity contribution >= 4 is 6.03 Å². The lowest BCUT2D eigenvalue weighted by Gasteiger charge is -2.28. The number of hydrogen-bond acceptors (Lipinski definition) is 2. The first-order valence-corrected chi connectivity index (χ1v) is 7.37. The average molecular weight is 276 g/mol. The zero-order chi connectivity index (χ0) is 14.4. The van der Waals surface area contributed by atoms with Crippen molar-refractivity contribution in [3.05, 3.63) is 35.4 Å². The van der Waals surface area contributed by atoms with Crippen molar-refractivity contribution in [2.75, 3.05) is 13.2 Å². The lowest BCUT2D eigenvalue weighted by atomic mass is 9.99. The molecular weight excluding hydrogens is 252 g/mol. The third kappa shape index (κ3) is 3.73. The zero-order valence-electron chi connectivity index (χ0n) is 12.1. The highest BCUT2D eigenvalue weighted by Crippen LogP contribution is 2.28. The van der Waals surface area contributed by atoms with E-state index in [1.807, 2.05) is 12.1 Å². The van der Waals surface area contributed by atoms with Crippen molar-refractivity contribution < 1.29 is 9.90 Å². The monoisotopic (exact) mass is 276 g/mol. The van der Waals surface area contributed by atoms with Crippen molar-refractivity contribution in [2.45, 2.75) is 44.6 Å². The van der Waals surface area contributed by atoms with Gasteiger partial charge in [0.1, 0.15) is 0 Å². The molecule has 0 aliphatic heterocycles. The van der Waals surface area contributed by atoms with E-state index >= 15 is 0 Å². The highest BCUT2D eigenvalue weighted by molar-refractivity contribution is 5.74. The Morgan fingerprint density at radius 2 is 2.00 bits per heavy atom. The minimum atomic E-state index is -0.396. The molecule has 0 bridgehead atoms. The lowest BCUT2D eigenvalue weighted by molar-refractivity contribution is 0.163. The lowest BCUT2D eigenvalue weighted by Crippen LogP contribution is -2.53. The molecule has 0 heterocycles. The van der Waals surface area contributed by atoms with Gasteiger partial charge in [0.2, 0.25) is 0 Å². The normalized spacial score (nSPS) is 16.9. The Kier molecular flexibility index (Phi) is 5.01. The molecule has 3 N–H and O–H groups in total. The van der Waals surface area contributed by atoms with Crippen LogP contribution < -0.4 is 10.6 Å². The largest absolute Gasteiger partial charge is 0.394 e. The number of hydrogen-bond donors (Lipinski definition) is 3. The highest BCUT2D eigenvalue weighted by Gasteiger charge is 2.34. The standard InChI is InChI=1S/C16H24N2O2/c1-13-6-2-3-7-14(13)8-11-17-15(20)18-16(12-19)9-4-5-10-16/h2-3,6-7,19H,4-5,8-12H2,1H3,(H2,17,18,20). The quantitative estimate of drug-likeness (QED) is 0.771. The Balaban J connectivity index is 1.77. The van der Waals surface area contributed by atoms with Crippen LogP contribution in [0.2, 0.25) is 0 Å². The minimum absolute atomic E-state index is 0.0260. The molecule has 1 fully saturated rings. The second kappa shape index (κ2) is 6.75. The number of rotatable bonds is 5. The van der Waals surface area contributed by atoms with E-state index in [4.69, 9.17) is 0 Å². The minimum Gasteiger partial charge on any atom is -0.394 e. The maximum atomic E-state index is 11.9. The van der Waals surface area contributed by atoms with Crippen molar-refractivity contribution in [1.29, 1.82) is 0 Å². The van der Waals surface area contributed by atoms with Crippen LogP contribution in [0.5, 0.6) is 0 Å². The molecule has 0 aromatic heterocycles. The van der Waals surface area contributed by atoms with Gasteiger partial charge in [0.25, 0.3) is 0 Å². The van der Waals surface area contributed by atoms with Crippen LogP contribution in [0.15, 0.2) is 24.3 Å². The second-order valence-electron chi connectivity index (χ2n) is 5.70. The van der Waals surface area contributed by atoms with Gasteiger partial charge in [-0.25, -0.2) is 4.79 Å². The maximum Gasteiger partial charge on any atom is 0.315 e. The molecule has 1 saturated carbocycles. The SMILES string of the molecule is Cc1ccccc1CCNC(=O)NC1(CO)CCCC1. The molecule has 0 radical (unpaired) electrons. The molecule has 0 spiro atoms. The predicted molar refractivity (Wildman–Crippen MR) is 79.7 cm³/mol. The number of nitrogens with one attached hydrogen (secondary N) is 2. The molecule has 0 saturated heterocycles. The fourth-order valence-electron chi connectivity index (χ4n) is 2.86. The molecule has 4 nitrogen and oxygen atoms in total. The van der Waals surface area contributed by atoms with E-state index in [1.165, 1.54) is 11.1 Å². The highest BCUT2D eigenvalue weighted by atomic mass is 16.3. The van der Waals surface area contributed by atoms with Gasteiger partial charge in [-0.2, -0.15) is 0 Å². The van der Waals surface area contributed by atoms with Crippen LogP contribution in [0.25, 0.3) is 0 Å². The van der Waals surface area contributed by atoms with E-state index in [9.17, 15) is 9.90 Å². The molecule has 2 rings (SSSR count). The summed E-state index contributed by atoms with van der Waals surface area (Å²) in [6, 6.07) is 8.02. The Morgan fingerprint density at radius 3 is 2.65 bits per heavy atom. The first-order chi connectivity index (χ1) is 9.65. The van der Waals surface area contributed by atoms with Crippen molar-refractivity contribution in [1.82, 2.24) is 10.6 Å². The molecule has 0 unspecified atom stereocenters. The molecule has 1 aliphatic rings. The van der Waals surface area contributed by atoms with Gasteiger partial charge in [-0.15, -0.1) is 0 Å². The molecule has 4 heteroatoms. The van der Waals surface area contributed by atoms with Gasteiger partial charge in [-0.1, -0.05) is 37.1 Å². The predicted octanol–water partition coefficient (Wildman–Crippen LogP) is 2.14. The van der Waals surface area contributed by atoms with Gasteiger partial charge >= 0.3 is 6.03 Å². The van der Waals surface area contributed by atoms with E-state index in [1.54, 1.807) is 0 Å². The van der Waals surface area contributed by atoms with Gasteiger partial charge in [0.15, 0.2) is 0 Å². The maximum absolute atomic E-state index is 11.9. The number of aliphatic hydroxyl groups excluding tert-OH is 1. The van der Waals surface area contributed by atoms with Crippen molar-refractivity contribution in [3.63, 3.8) is 0 Å². The topological polar surface area (TPSA) is 61.4 Å². The molecule has 1 aliphatic carbocycles. The molecule has 1 aromatic carbocycles. The van der Waals surface area contributed by atoms with Crippen LogP contribution in [0, 0.1) is 6.92 Å². The number of aliphatic hydroxyl groups is 1. The summed E-state index contributed by atoms with van der Waals surface area (Å²) in [5, 5.41) is 15.3. The third-order valence-corrected chi connectivity index (χ3v) is 4.18. The van der Waals surface area contributed by atoms with E-state index < -0.39 is 5.54 Å². The summed E-state index contributed by atoms with van der Waals surface area (Å²) < 4.78 is 0. The summed E-state index contributed by atoms with van der Waals surface area (Å²) in [6.45, 7) is 2.71. The first-order valence-electron chi connectivity index (χ1n) is 7.37. The molecule has 0 atom stereocenters. The van der Waals surface area contributed by atoms with Gasteiger partial charge in [-0.05, 0) is 37.3 Å². The third-order valence-electron chi connectivity index (χ3n) is 4.18. The molecule has 110 valence electrons. The number of urea groups is 1. The number of aryl methyl sites for hydroxylation is 1. The summed E-state index contributed by atoms with van der Waals surface area (Å²) >= 11 is 0. The van der Waals surface area contributed by atoms with Crippen molar-refractivity contribution in [2.24, 2.45) is 0 Å². The summed E-state index contributed by atoms with van der Waals surface area (Å²) in [7, 11) is 0. The number of amides is 2. The van der Waals surface area contributed by atoms with E-state index in [2.05, 4.69) is 29.7 Å². The summed E-state index contributed by atoms with van der Waals surface area (Å²) in [5.41, 5.74) is 2.11. The Labute approximate surface area is 120 Å². The van der Waals surface area contributed by atoms with Crippen LogP contribution in [0.1, 0.15) is 36.8 Å². The smallest absolute Gasteiger partial charge is 0.315 e. The Hall–Kier alpha value is -1.55. The van der Waals surface area contributed by atoms with Gasteiger partial charge in [0.05, 0.1) is 12.1 Å². The van der Waals surface area contributed by atoms with E-state index in [0.29, 0.717) is 6.54 Å². The van der Waals surface area contributed by atoms with Crippen molar-refractivity contribution in [3.8, 4) is 0 Å². The van der Waals surface area contributed by atoms with Crippen LogP contribution >= 0.6 is 0 Å². The van der Waals surface area contributed by atoms with Crippen LogP contribution in [0.3, 0.4) is 0 Å². The Morgan fingerprint density at radius 1 is 1.30 bits per heavy atom. The average Bonchev–Trinajstić information content (AvgIpc) is 2.90. The molecule has 20 heavy (non-hydrogen) atoms. The zero-order valence-corrected chi connectivity index (χ0v) is 12.1. The Bertz CT molecular complexity index is 454. The number of benzene rings is 1. The number of carbonyl (C=O) groups is 1. The fourth-order valence-corrected chi connectivity index (χ4v) is 2.86. The van der Waals surface area contributed by atoms with E-state index in [-0.39, 0.29) is 12.6 Å². The number of carbonyl (C=O) groups excluding carboxylic acids is 1. The van der Waals surface area contributed by atoms with Crippen LogP contribution in [0.4, 0.5) is 4.79 Å². The van der Waals surface area contributed by atoms with Crippen LogP contribution in [-0.2, 0) is 6.42 Å². The summed E-state index contributed by atoms with van der Waals surface area (Å²) in [5.74, 6) is 0. The van der Waals surface area contributed by atoms with Gasteiger partial charge in [-0.3, -0.25) is 0 Å². The van der Waals surface area contributed by atoms with Gasteiger partial charge < -0.3 is 15.7 Å². The second-order valence-corrected chi connectivity index (χ2v) is 5.70. The molecule has 1 aromatic rings. The van der Waals surface area contributed by atoms with Gasteiger partial charge in [0, 0.05) is 6.54 Å². The van der Waals surface area contributed by atoms with E-state index in [0.717, 1.165) is 32.1 Å². The molecular formula is C16H24N2O2. The summed E-state index contributed by atoms with van der Waals surface area (Å²) in [4.78, 5) is 11.9. The summed E-state index contributed by atoms with van der Waals surface area (Å²) in [6.07, 6.45) is 4.71. The van der Waals surface area contributed by atoms with Crippen LogP contribution in [-0.4, -0.2) is 29.8 Å². The fraction of sp³-hybridized carbons (Fsp3) is 0.562. The first kappa shape index (κ1) is 14.9.